The van der Waals surface area contributed by atoms with Crippen LogP contribution < -0.4 is 21.7 Å². The molecular formula is C25H40N4O4. The molecule has 0 saturated carbocycles. The molecular weight excluding hydrogens is 420 g/mol. The normalized spacial score (nSPS) is 12.8. The topological polar surface area (TPSA) is 130 Å². The van der Waals surface area contributed by atoms with Gasteiger partial charge in [-0.1, -0.05) is 38.5 Å². The van der Waals surface area contributed by atoms with Crippen LogP contribution in [0.3, 0.4) is 0 Å². The second kappa shape index (κ2) is 15.2. The van der Waals surface area contributed by atoms with Crippen LogP contribution in [0.1, 0.15) is 64.9 Å². The summed E-state index contributed by atoms with van der Waals surface area (Å²) in [6.07, 6.45) is 2.77. The van der Waals surface area contributed by atoms with Gasteiger partial charge in [0.1, 0.15) is 5.78 Å². The van der Waals surface area contributed by atoms with Crippen LogP contribution >= 0.6 is 0 Å². The van der Waals surface area contributed by atoms with Crippen LogP contribution in [0.25, 0.3) is 0 Å². The van der Waals surface area contributed by atoms with Crippen molar-refractivity contribution in [1.29, 1.82) is 0 Å². The SMILES string of the molecule is CCC(=O)CCCN[C@H](C(=O)C[C@@H](CCCNC(N)=O)C(=O)Nc1ccc(C)cc1)C(C)C. The van der Waals surface area contributed by atoms with Gasteiger partial charge in [-0.2, -0.15) is 0 Å². The summed E-state index contributed by atoms with van der Waals surface area (Å²) in [4.78, 5) is 48.5. The first-order valence-electron chi connectivity index (χ1n) is 11.8. The Morgan fingerprint density at radius 1 is 1.00 bits per heavy atom. The Morgan fingerprint density at radius 3 is 2.24 bits per heavy atom. The number of carbonyl (C=O) groups is 4. The van der Waals surface area contributed by atoms with Crippen LogP contribution in [0.5, 0.6) is 0 Å². The molecule has 8 heteroatoms. The molecule has 1 rings (SSSR count). The number of benzene rings is 1. The molecule has 0 aliphatic carbocycles. The zero-order valence-corrected chi connectivity index (χ0v) is 20.4. The van der Waals surface area contributed by atoms with E-state index < -0.39 is 11.9 Å². The van der Waals surface area contributed by atoms with E-state index in [1.165, 1.54) is 0 Å². The summed E-state index contributed by atoms with van der Waals surface area (Å²) in [5.41, 5.74) is 6.87. The molecule has 5 N–H and O–H groups in total. The van der Waals surface area contributed by atoms with Gasteiger partial charge in [0.25, 0.3) is 0 Å². The summed E-state index contributed by atoms with van der Waals surface area (Å²) in [6.45, 7) is 8.65. The van der Waals surface area contributed by atoms with Crippen LogP contribution in [-0.2, 0) is 14.4 Å². The van der Waals surface area contributed by atoms with E-state index in [0.717, 1.165) is 5.56 Å². The van der Waals surface area contributed by atoms with Crippen molar-refractivity contribution >= 4 is 29.2 Å². The smallest absolute Gasteiger partial charge is 0.312 e. The Balaban J connectivity index is 2.78. The molecule has 0 aliphatic heterocycles. The largest absolute Gasteiger partial charge is 0.352 e. The molecule has 33 heavy (non-hydrogen) atoms. The van der Waals surface area contributed by atoms with Crippen LogP contribution in [0, 0.1) is 18.8 Å². The lowest BCUT2D eigenvalue weighted by Gasteiger charge is -2.24. The summed E-state index contributed by atoms with van der Waals surface area (Å²) in [5.74, 6) is -0.516. The fourth-order valence-corrected chi connectivity index (χ4v) is 3.58. The van der Waals surface area contributed by atoms with Gasteiger partial charge in [0, 0.05) is 37.4 Å². The number of urea groups is 1. The van der Waals surface area contributed by atoms with Gasteiger partial charge in [-0.3, -0.25) is 14.4 Å². The number of hydrogen-bond donors (Lipinski definition) is 4. The lowest BCUT2D eigenvalue weighted by atomic mass is 9.89. The molecule has 0 aromatic heterocycles. The maximum atomic E-state index is 13.1. The molecule has 0 aliphatic rings. The number of aryl methyl sites for hydroxylation is 1. The Kier molecular flexibility index (Phi) is 13.0. The van der Waals surface area contributed by atoms with Gasteiger partial charge in [-0.05, 0) is 50.8 Å². The third-order valence-electron chi connectivity index (χ3n) is 5.57. The Bertz CT molecular complexity index is 777. The highest BCUT2D eigenvalue weighted by molar-refractivity contribution is 5.96. The minimum absolute atomic E-state index is 0.0289. The molecule has 0 bridgehead atoms. The molecule has 184 valence electrons. The summed E-state index contributed by atoms with van der Waals surface area (Å²) in [6, 6.07) is 6.48. The van der Waals surface area contributed by atoms with Gasteiger partial charge in [0.2, 0.25) is 5.91 Å². The van der Waals surface area contributed by atoms with E-state index in [4.69, 9.17) is 5.73 Å². The van der Waals surface area contributed by atoms with Crippen molar-refractivity contribution in [3.63, 3.8) is 0 Å². The molecule has 3 amide bonds. The molecule has 0 spiro atoms. The molecule has 8 nitrogen and oxygen atoms in total. The number of rotatable bonds is 16. The van der Waals surface area contributed by atoms with Crippen molar-refractivity contribution in [3.05, 3.63) is 29.8 Å². The van der Waals surface area contributed by atoms with Crippen molar-refractivity contribution in [2.75, 3.05) is 18.4 Å². The standard InChI is InChI=1S/C25H40N4O4/c1-5-21(30)9-7-14-27-23(17(2)3)22(31)16-19(8-6-15-28-25(26)33)24(32)29-20-12-10-18(4)11-13-20/h10-13,17,19,23,27H,5-9,14-16H2,1-4H3,(H,29,32)(H3,26,28,33)/t19-,23+/m1/s1. The van der Waals surface area contributed by atoms with Crippen molar-refractivity contribution < 1.29 is 19.2 Å². The number of Topliss-reactive ketones (excluding diaryl/α,β-unsaturated/α-hetero) is 2. The van der Waals surface area contributed by atoms with Gasteiger partial charge >= 0.3 is 6.03 Å². The summed E-state index contributed by atoms with van der Waals surface area (Å²) < 4.78 is 0. The molecule has 0 radical (unpaired) electrons. The first-order chi connectivity index (χ1) is 15.6. The third-order valence-corrected chi connectivity index (χ3v) is 5.57. The molecule has 1 aromatic carbocycles. The van der Waals surface area contributed by atoms with Crippen LogP contribution in [0.2, 0.25) is 0 Å². The number of anilines is 1. The van der Waals surface area contributed by atoms with E-state index in [1.54, 1.807) is 0 Å². The van der Waals surface area contributed by atoms with Crippen molar-refractivity contribution in [2.24, 2.45) is 17.6 Å². The molecule has 0 saturated heterocycles. The Morgan fingerprint density at radius 2 is 1.67 bits per heavy atom. The van der Waals surface area contributed by atoms with Crippen LogP contribution in [0.4, 0.5) is 10.5 Å². The zero-order valence-electron chi connectivity index (χ0n) is 20.4. The summed E-state index contributed by atoms with van der Waals surface area (Å²) in [7, 11) is 0. The average Bonchev–Trinajstić information content (AvgIpc) is 2.76. The fourth-order valence-electron chi connectivity index (χ4n) is 3.58. The third kappa shape index (κ3) is 11.6. The minimum atomic E-state index is -0.614. The number of primary amides is 1. The Hall–Kier alpha value is -2.74. The number of amides is 3. The molecule has 2 atom stereocenters. The highest BCUT2D eigenvalue weighted by atomic mass is 16.2. The number of nitrogens with one attached hydrogen (secondary N) is 3. The van der Waals surface area contributed by atoms with Crippen LogP contribution in [-0.4, -0.2) is 42.6 Å². The quantitative estimate of drug-likeness (QED) is 0.281. The number of hydrogen-bond acceptors (Lipinski definition) is 5. The zero-order chi connectivity index (χ0) is 24.8. The number of ketones is 2. The second-order valence-electron chi connectivity index (χ2n) is 8.83. The number of carbonyl (C=O) groups excluding carboxylic acids is 4. The highest BCUT2D eigenvalue weighted by Gasteiger charge is 2.28. The first kappa shape index (κ1) is 28.3. The van der Waals surface area contributed by atoms with Crippen molar-refractivity contribution in [1.82, 2.24) is 10.6 Å². The maximum Gasteiger partial charge on any atom is 0.312 e. The first-order valence-corrected chi connectivity index (χ1v) is 11.8. The average molecular weight is 461 g/mol. The minimum Gasteiger partial charge on any atom is -0.352 e. The van der Waals surface area contributed by atoms with Crippen LogP contribution in [0.15, 0.2) is 24.3 Å². The van der Waals surface area contributed by atoms with E-state index >= 15 is 0 Å². The molecule has 0 unspecified atom stereocenters. The lowest BCUT2D eigenvalue weighted by Crippen LogP contribution is -2.43. The number of nitrogens with two attached hydrogens (primary N) is 1. The predicted molar refractivity (Wildman–Crippen MR) is 131 cm³/mol. The molecule has 1 aromatic rings. The van der Waals surface area contributed by atoms with Gasteiger partial charge in [-0.25, -0.2) is 4.79 Å². The van der Waals surface area contributed by atoms with Crippen molar-refractivity contribution in [3.8, 4) is 0 Å². The molecule has 0 heterocycles. The van der Waals surface area contributed by atoms with E-state index in [1.807, 2.05) is 52.0 Å². The van der Waals surface area contributed by atoms with Gasteiger partial charge in [0.05, 0.1) is 6.04 Å². The van der Waals surface area contributed by atoms with E-state index in [-0.39, 0.29) is 35.9 Å². The predicted octanol–water partition coefficient (Wildman–Crippen LogP) is 3.33. The van der Waals surface area contributed by atoms with E-state index in [9.17, 15) is 19.2 Å². The van der Waals surface area contributed by atoms with Gasteiger partial charge in [0.15, 0.2) is 5.78 Å². The Labute approximate surface area is 197 Å². The lowest BCUT2D eigenvalue weighted by molar-refractivity contribution is -0.128. The monoisotopic (exact) mass is 460 g/mol. The fraction of sp³-hybridized carbons (Fsp3) is 0.600. The second-order valence-corrected chi connectivity index (χ2v) is 8.83. The molecule has 0 fully saturated rings. The van der Waals surface area contributed by atoms with E-state index in [2.05, 4.69) is 16.0 Å². The van der Waals surface area contributed by atoms with E-state index in [0.29, 0.717) is 50.9 Å². The maximum absolute atomic E-state index is 13.1. The highest BCUT2D eigenvalue weighted by Crippen LogP contribution is 2.19. The van der Waals surface area contributed by atoms with Gasteiger partial charge < -0.3 is 21.7 Å². The van der Waals surface area contributed by atoms with Gasteiger partial charge in [-0.15, -0.1) is 0 Å². The summed E-state index contributed by atoms with van der Waals surface area (Å²) in [5, 5.41) is 8.70. The summed E-state index contributed by atoms with van der Waals surface area (Å²) >= 11 is 0. The van der Waals surface area contributed by atoms with Crippen molar-refractivity contribution in [2.45, 2.75) is 72.3 Å².